The Morgan fingerprint density at radius 1 is 1.21 bits per heavy atom. The maximum absolute atomic E-state index is 13.6. The smallest absolute Gasteiger partial charge is 0.435 e. The molecule has 5 heteroatoms. The van der Waals surface area contributed by atoms with E-state index in [0.717, 1.165) is 5.56 Å². The molecular weight excluding hydrogens is 331 g/mol. The van der Waals surface area contributed by atoms with Crippen molar-refractivity contribution in [2.45, 2.75) is 13.0 Å². The molecule has 0 spiro atoms. The van der Waals surface area contributed by atoms with Gasteiger partial charge in [-0.3, -0.25) is 0 Å². The van der Waals surface area contributed by atoms with Gasteiger partial charge in [0.25, 0.3) is 0 Å². The molecule has 0 saturated heterocycles. The molecule has 0 saturated carbocycles. The van der Waals surface area contributed by atoms with E-state index >= 15 is 0 Å². The fraction of sp³-hybridized carbons (Fsp3) is 0.211. The quantitative estimate of drug-likeness (QED) is 0.520. The largest absolute Gasteiger partial charge is 0.509 e. The number of hydrogen-bond acceptors (Lipinski definition) is 3. The summed E-state index contributed by atoms with van der Waals surface area (Å²) < 4.78 is 24.0. The first-order valence-corrected chi connectivity index (χ1v) is 8.09. The van der Waals surface area contributed by atoms with E-state index in [-0.39, 0.29) is 12.5 Å². The number of benzene rings is 2. The molecule has 1 unspecified atom stereocenters. The Labute approximate surface area is 145 Å². The highest BCUT2D eigenvalue weighted by atomic mass is 35.5. The van der Waals surface area contributed by atoms with Gasteiger partial charge in [-0.25, -0.2) is 9.18 Å². The van der Waals surface area contributed by atoms with Crippen LogP contribution < -0.4 is 0 Å². The number of alkyl halides is 1. The van der Waals surface area contributed by atoms with Gasteiger partial charge in [0.15, 0.2) is 6.10 Å². The van der Waals surface area contributed by atoms with Crippen LogP contribution in [0.3, 0.4) is 0 Å². The Morgan fingerprint density at radius 3 is 2.58 bits per heavy atom. The molecule has 0 amide bonds. The van der Waals surface area contributed by atoms with Gasteiger partial charge in [-0.05, 0) is 24.6 Å². The van der Waals surface area contributed by atoms with E-state index in [9.17, 15) is 9.18 Å². The summed E-state index contributed by atoms with van der Waals surface area (Å²) in [5, 5.41) is 0. The summed E-state index contributed by atoms with van der Waals surface area (Å²) in [6, 6.07) is 15.3. The van der Waals surface area contributed by atoms with Gasteiger partial charge in [-0.2, -0.15) is 0 Å². The standard InChI is InChI=1S/C19H18ClFO3/c1-2-23-19(22)24-18(15-9-6-10-16(21)13-15)17(11-12-20)14-7-4-3-5-8-14/h3-11,13,18H,2,12H2,1H3. The molecule has 0 aromatic heterocycles. The van der Waals surface area contributed by atoms with Gasteiger partial charge >= 0.3 is 6.16 Å². The zero-order valence-electron chi connectivity index (χ0n) is 13.2. The molecule has 0 fully saturated rings. The van der Waals surface area contributed by atoms with E-state index in [0.29, 0.717) is 11.1 Å². The van der Waals surface area contributed by atoms with Gasteiger partial charge in [-0.15, -0.1) is 11.6 Å². The second kappa shape index (κ2) is 9.08. The van der Waals surface area contributed by atoms with E-state index in [2.05, 4.69) is 0 Å². The Balaban J connectivity index is 2.46. The molecule has 0 radical (unpaired) electrons. The number of allylic oxidation sites excluding steroid dienone is 1. The lowest BCUT2D eigenvalue weighted by molar-refractivity contribution is 0.0427. The van der Waals surface area contributed by atoms with Crippen molar-refractivity contribution in [3.8, 4) is 0 Å². The van der Waals surface area contributed by atoms with E-state index < -0.39 is 18.1 Å². The van der Waals surface area contributed by atoms with Crippen LogP contribution >= 0.6 is 11.6 Å². The average Bonchev–Trinajstić information content (AvgIpc) is 2.59. The zero-order valence-corrected chi connectivity index (χ0v) is 14.0. The molecule has 3 nitrogen and oxygen atoms in total. The van der Waals surface area contributed by atoms with Crippen molar-refractivity contribution in [2.75, 3.05) is 12.5 Å². The summed E-state index contributed by atoms with van der Waals surface area (Å²) in [6.07, 6.45) is 0.107. The third-order valence-electron chi connectivity index (χ3n) is 3.31. The summed E-state index contributed by atoms with van der Waals surface area (Å²) in [4.78, 5) is 11.9. The summed E-state index contributed by atoms with van der Waals surface area (Å²) in [7, 11) is 0. The van der Waals surface area contributed by atoms with Gasteiger partial charge < -0.3 is 9.47 Å². The summed E-state index contributed by atoms with van der Waals surface area (Å²) in [5.74, 6) is -0.189. The molecule has 0 N–H and O–H groups in total. The van der Waals surface area contributed by atoms with Crippen molar-refractivity contribution in [2.24, 2.45) is 0 Å². The van der Waals surface area contributed by atoms with Crippen molar-refractivity contribution in [3.05, 3.63) is 77.6 Å². The minimum atomic E-state index is -0.819. The topological polar surface area (TPSA) is 35.5 Å². The SMILES string of the molecule is CCOC(=O)OC(C(=CCCl)c1ccccc1)c1cccc(F)c1. The van der Waals surface area contributed by atoms with Gasteiger partial charge in [0, 0.05) is 17.0 Å². The van der Waals surface area contributed by atoms with Crippen LogP contribution in [0.5, 0.6) is 0 Å². The highest BCUT2D eigenvalue weighted by Gasteiger charge is 2.23. The number of carbonyl (C=O) groups excluding carboxylic acids is 1. The molecule has 2 aromatic rings. The predicted molar refractivity (Wildman–Crippen MR) is 92.4 cm³/mol. The van der Waals surface area contributed by atoms with Crippen LogP contribution in [0.2, 0.25) is 0 Å². The Morgan fingerprint density at radius 2 is 1.96 bits per heavy atom. The minimum Gasteiger partial charge on any atom is -0.435 e. The summed E-state index contributed by atoms with van der Waals surface area (Å²) >= 11 is 5.88. The number of rotatable bonds is 6. The van der Waals surface area contributed by atoms with Crippen LogP contribution in [0, 0.1) is 5.82 Å². The number of hydrogen-bond donors (Lipinski definition) is 0. The Kier molecular flexibility index (Phi) is 6.82. The normalized spacial score (nSPS) is 12.5. The van der Waals surface area contributed by atoms with E-state index in [1.807, 2.05) is 30.3 Å². The lowest BCUT2D eigenvalue weighted by atomic mass is 9.95. The third-order valence-corrected chi connectivity index (χ3v) is 3.47. The van der Waals surface area contributed by atoms with Gasteiger partial charge in [0.2, 0.25) is 0 Å². The molecule has 0 heterocycles. The van der Waals surface area contributed by atoms with Crippen LogP contribution in [0.15, 0.2) is 60.7 Å². The third kappa shape index (κ3) is 4.83. The number of halogens is 2. The average molecular weight is 349 g/mol. The summed E-state index contributed by atoms with van der Waals surface area (Å²) in [5.41, 5.74) is 2.00. The van der Waals surface area contributed by atoms with Crippen molar-refractivity contribution < 1.29 is 18.7 Å². The molecule has 2 aromatic carbocycles. The first-order valence-electron chi connectivity index (χ1n) is 7.56. The maximum atomic E-state index is 13.6. The lowest BCUT2D eigenvalue weighted by Crippen LogP contribution is -2.15. The molecule has 1 atom stereocenters. The Bertz CT molecular complexity index is 701. The first kappa shape index (κ1) is 18.0. The molecule has 0 aliphatic heterocycles. The molecule has 2 rings (SSSR count). The summed E-state index contributed by atoms with van der Waals surface area (Å²) in [6.45, 7) is 1.87. The predicted octanol–water partition coefficient (Wildman–Crippen LogP) is 5.36. The molecule has 0 aliphatic carbocycles. The van der Waals surface area contributed by atoms with Crippen LogP contribution in [0.1, 0.15) is 24.2 Å². The zero-order chi connectivity index (χ0) is 17.4. The molecule has 24 heavy (non-hydrogen) atoms. The molecule has 0 bridgehead atoms. The van der Waals surface area contributed by atoms with E-state index in [1.165, 1.54) is 12.1 Å². The number of ether oxygens (including phenoxy) is 2. The van der Waals surface area contributed by atoms with Crippen molar-refractivity contribution in [3.63, 3.8) is 0 Å². The highest BCUT2D eigenvalue weighted by molar-refractivity contribution is 6.19. The first-order chi connectivity index (χ1) is 11.7. The van der Waals surface area contributed by atoms with Gasteiger partial charge in [-0.1, -0.05) is 48.5 Å². The van der Waals surface area contributed by atoms with Crippen LogP contribution in [0.4, 0.5) is 9.18 Å². The fourth-order valence-electron chi connectivity index (χ4n) is 2.32. The molecule has 0 aliphatic rings. The van der Waals surface area contributed by atoms with Crippen LogP contribution in [-0.4, -0.2) is 18.6 Å². The van der Waals surface area contributed by atoms with Gasteiger partial charge in [0.05, 0.1) is 6.61 Å². The second-order valence-corrected chi connectivity index (χ2v) is 5.22. The van der Waals surface area contributed by atoms with Crippen LogP contribution in [-0.2, 0) is 9.47 Å². The number of carbonyl (C=O) groups is 1. The monoisotopic (exact) mass is 348 g/mol. The van der Waals surface area contributed by atoms with Crippen molar-refractivity contribution in [1.82, 2.24) is 0 Å². The molecule has 126 valence electrons. The van der Waals surface area contributed by atoms with Crippen LogP contribution in [0.25, 0.3) is 5.57 Å². The van der Waals surface area contributed by atoms with Gasteiger partial charge in [0.1, 0.15) is 5.82 Å². The fourth-order valence-corrected chi connectivity index (χ4v) is 2.49. The van der Waals surface area contributed by atoms with E-state index in [4.69, 9.17) is 21.1 Å². The Hall–Kier alpha value is -2.33. The lowest BCUT2D eigenvalue weighted by Gasteiger charge is -2.21. The highest BCUT2D eigenvalue weighted by Crippen LogP contribution is 2.34. The maximum Gasteiger partial charge on any atom is 0.509 e. The van der Waals surface area contributed by atoms with Crippen molar-refractivity contribution in [1.29, 1.82) is 0 Å². The van der Waals surface area contributed by atoms with Crippen molar-refractivity contribution >= 4 is 23.3 Å². The minimum absolute atomic E-state index is 0.189. The second-order valence-electron chi connectivity index (χ2n) is 4.92. The van der Waals surface area contributed by atoms with E-state index in [1.54, 1.807) is 25.1 Å². The molecular formula is C19H18ClFO3.